The molecule has 4 nitrogen and oxygen atoms in total. The average Bonchev–Trinajstić information content (AvgIpc) is 2.84. The second-order valence-electron chi connectivity index (χ2n) is 6.95. The van der Waals surface area contributed by atoms with Crippen LogP contribution in [0.5, 0.6) is 0 Å². The Balaban J connectivity index is 2.02. The number of nitriles is 1. The molecular formula is C19H23ClN4. The Morgan fingerprint density at radius 2 is 1.92 bits per heavy atom. The average molecular weight is 343 g/mol. The Morgan fingerprint density at radius 1 is 1.25 bits per heavy atom. The van der Waals surface area contributed by atoms with Gasteiger partial charge in [-0.15, -0.1) is 0 Å². The Labute approximate surface area is 148 Å². The molecule has 0 spiro atoms. The normalized spacial score (nSPS) is 20.8. The fourth-order valence-corrected chi connectivity index (χ4v) is 3.99. The largest absolute Gasteiger partial charge is 0.396 e. The third-order valence-corrected chi connectivity index (χ3v) is 5.03. The van der Waals surface area contributed by atoms with Crippen LogP contribution in [-0.2, 0) is 6.54 Å². The van der Waals surface area contributed by atoms with E-state index in [-0.39, 0.29) is 0 Å². The molecule has 1 aliphatic rings. The number of hydrogen-bond donors (Lipinski definition) is 1. The second-order valence-corrected chi connectivity index (χ2v) is 7.36. The summed E-state index contributed by atoms with van der Waals surface area (Å²) in [6.45, 7) is 7.02. The number of piperidine rings is 1. The number of anilines is 2. The highest BCUT2D eigenvalue weighted by Gasteiger charge is 2.27. The third-order valence-electron chi connectivity index (χ3n) is 4.67. The number of benzene rings is 1. The van der Waals surface area contributed by atoms with Crippen molar-refractivity contribution in [3.63, 3.8) is 0 Å². The van der Waals surface area contributed by atoms with Crippen molar-refractivity contribution in [2.75, 3.05) is 23.7 Å². The number of rotatable bonds is 3. The van der Waals surface area contributed by atoms with Gasteiger partial charge in [0, 0.05) is 18.1 Å². The zero-order valence-corrected chi connectivity index (χ0v) is 14.9. The van der Waals surface area contributed by atoms with Crippen LogP contribution in [0.1, 0.15) is 31.5 Å². The minimum absolute atomic E-state index is 0.550. The molecule has 1 aliphatic heterocycles. The zero-order valence-electron chi connectivity index (χ0n) is 14.2. The van der Waals surface area contributed by atoms with Gasteiger partial charge in [0.1, 0.15) is 17.6 Å². The van der Waals surface area contributed by atoms with Crippen LogP contribution in [0.15, 0.2) is 30.3 Å². The van der Waals surface area contributed by atoms with E-state index in [1.165, 1.54) is 6.42 Å². The molecule has 0 saturated carbocycles. The molecule has 1 aromatic heterocycles. The first-order valence-corrected chi connectivity index (χ1v) is 8.74. The van der Waals surface area contributed by atoms with Crippen molar-refractivity contribution in [2.24, 2.45) is 11.8 Å². The molecule has 0 bridgehead atoms. The van der Waals surface area contributed by atoms with Crippen molar-refractivity contribution in [3.8, 4) is 6.07 Å². The van der Waals surface area contributed by atoms with E-state index in [2.05, 4.69) is 24.8 Å². The lowest BCUT2D eigenvalue weighted by molar-refractivity contribution is 0.353. The summed E-state index contributed by atoms with van der Waals surface area (Å²) < 4.78 is 2.00. The van der Waals surface area contributed by atoms with E-state index in [4.69, 9.17) is 17.3 Å². The lowest BCUT2D eigenvalue weighted by Crippen LogP contribution is -2.40. The van der Waals surface area contributed by atoms with E-state index < -0.39 is 0 Å². The number of hydrogen-bond acceptors (Lipinski definition) is 3. The Kier molecular flexibility index (Phi) is 4.73. The van der Waals surface area contributed by atoms with Gasteiger partial charge in [-0.25, -0.2) is 0 Å². The first kappa shape index (κ1) is 16.7. The summed E-state index contributed by atoms with van der Waals surface area (Å²) in [5.74, 6) is 2.18. The molecular weight excluding hydrogens is 320 g/mol. The maximum Gasteiger partial charge on any atom is 0.133 e. The number of nitrogens with two attached hydrogens (primary N) is 1. The van der Waals surface area contributed by atoms with Gasteiger partial charge in [0.15, 0.2) is 0 Å². The summed E-state index contributed by atoms with van der Waals surface area (Å²) in [6.07, 6.45) is 1.23. The van der Waals surface area contributed by atoms with Crippen LogP contribution in [0, 0.1) is 23.2 Å². The highest BCUT2D eigenvalue weighted by molar-refractivity contribution is 6.31. The minimum atomic E-state index is 0.550. The summed E-state index contributed by atoms with van der Waals surface area (Å²) in [5.41, 5.74) is 8.52. The molecule has 1 aromatic carbocycles. The van der Waals surface area contributed by atoms with Gasteiger partial charge in [-0.05, 0) is 36.0 Å². The van der Waals surface area contributed by atoms with Crippen molar-refractivity contribution >= 4 is 23.1 Å². The quantitative estimate of drug-likeness (QED) is 0.912. The van der Waals surface area contributed by atoms with Gasteiger partial charge in [-0.3, -0.25) is 0 Å². The molecule has 0 amide bonds. The molecule has 0 radical (unpaired) electrons. The third kappa shape index (κ3) is 3.22. The number of halogens is 1. The molecule has 2 N–H and O–H groups in total. The fraction of sp³-hybridized carbons (Fsp3) is 0.421. The fourth-order valence-electron chi connectivity index (χ4n) is 3.80. The van der Waals surface area contributed by atoms with Crippen LogP contribution in [0.3, 0.4) is 0 Å². The van der Waals surface area contributed by atoms with Crippen LogP contribution < -0.4 is 10.6 Å². The van der Waals surface area contributed by atoms with E-state index in [0.29, 0.717) is 34.8 Å². The SMILES string of the molecule is C[C@@H]1C[C@H](C)CN(c2c(N)cc(C#N)n2Cc2ccccc2Cl)C1. The van der Waals surface area contributed by atoms with Crippen LogP contribution in [0.2, 0.25) is 5.02 Å². The first-order chi connectivity index (χ1) is 11.5. The highest BCUT2D eigenvalue weighted by atomic mass is 35.5. The van der Waals surface area contributed by atoms with Crippen molar-refractivity contribution in [3.05, 3.63) is 46.6 Å². The highest BCUT2D eigenvalue weighted by Crippen LogP contribution is 2.34. The number of aromatic nitrogens is 1. The summed E-state index contributed by atoms with van der Waals surface area (Å²) in [7, 11) is 0. The molecule has 2 atom stereocenters. The van der Waals surface area contributed by atoms with Gasteiger partial charge in [-0.1, -0.05) is 43.6 Å². The monoisotopic (exact) mass is 342 g/mol. The molecule has 24 heavy (non-hydrogen) atoms. The summed E-state index contributed by atoms with van der Waals surface area (Å²) >= 11 is 6.32. The molecule has 1 saturated heterocycles. The van der Waals surface area contributed by atoms with Gasteiger partial charge < -0.3 is 15.2 Å². The van der Waals surface area contributed by atoms with Crippen LogP contribution in [0.25, 0.3) is 0 Å². The van der Waals surface area contributed by atoms with Crippen molar-refractivity contribution in [2.45, 2.75) is 26.8 Å². The Morgan fingerprint density at radius 3 is 2.54 bits per heavy atom. The van der Waals surface area contributed by atoms with Crippen LogP contribution in [0.4, 0.5) is 11.5 Å². The van der Waals surface area contributed by atoms with Crippen molar-refractivity contribution < 1.29 is 0 Å². The molecule has 5 heteroatoms. The van der Waals surface area contributed by atoms with Gasteiger partial charge in [0.2, 0.25) is 0 Å². The van der Waals surface area contributed by atoms with Crippen molar-refractivity contribution in [1.29, 1.82) is 5.26 Å². The standard InChI is InChI=1S/C19H23ClN4/c1-13-7-14(2)11-23(10-13)19-18(22)8-16(9-21)24(19)12-15-5-3-4-6-17(15)20/h3-6,8,13-14H,7,10-12,22H2,1-2H3/t13-,14+. The second kappa shape index (κ2) is 6.78. The van der Waals surface area contributed by atoms with Gasteiger partial charge in [0.25, 0.3) is 0 Å². The van der Waals surface area contributed by atoms with E-state index in [0.717, 1.165) is 24.5 Å². The van der Waals surface area contributed by atoms with Crippen molar-refractivity contribution in [1.82, 2.24) is 4.57 Å². The molecule has 0 aliphatic carbocycles. The van der Waals surface area contributed by atoms with E-state index in [9.17, 15) is 5.26 Å². The minimum Gasteiger partial charge on any atom is -0.396 e. The predicted octanol–water partition coefficient (Wildman–Crippen LogP) is 4.13. The molecule has 2 heterocycles. The van der Waals surface area contributed by atoms with Gasteiger partial charge in [-0.2, -0.15) is 5.26 Å². The first-order valence-electron chi connectivity index (χ1n) is 8.37. The molecule has 2 aromatic rings. The summed E-state index contributed by atoms with van der Waals surface area (Å²) in [6, 6.07) is 11.8. The summed E-state index contributed by atoms with van der Waals surface area (Å²) in [4.78, 5) is 2.33. The van der Waals surface area contributed by atoms with Gasteiger partial charge in [0.05, 0.1) is 12.2 Å². The predicted molar refractivity (Wildman–Crippen MR) is 99.3 cm³/mol. The molecule has 1 fully saturated rings. The lowest BCUT2D eigenvalue weighted by Gasteiger charge is -2.37. The maximum absolute atomic E-state index is 9.53. The lowest BCUT2D eigenvalue weighted by atomic mass is 9.92. The summed E-state index contributed by atoms with van der Waals surface area (Å²) in [5, 5.41) is 10.2. The molecule has 126 valence electrons. The van der Waals surface area contributed by atoms with Crippen LogP contribution >= 0.6 is 11.6 Å². The van der Waals surface area contributed by atoms with Crippen LogP contribution in [-0.4, -0.2) is 17.7 Å². The van der Waals surface area contributed by atoms with E-state index in [1.54, 1.807) is 6.07 Å². The van der Waals surface area contributed by atoms with E-state index >= 15 is 0 Å². The smallest absolute Gasteiger partial charge is 0.133 e. The Hall–Kier alpha value is -2.12. The zero-order chi connectivity index (χ0) is 17.3. The molecule has 0 unspecified atom stereocenters. The maximum atomic E-state index is 9.53. The number of nitrogens with zero attached hydrogens (tertiary/aromatic N) is 3. The Bertz CT molecular complexity index is 764. The van der Waals surface area contributed by atoms with E-state index in [1.807, 2.05) is 28.8 Å². The molecule has 3 rings (SSSR count). The van der Waals surface area contributed by atoms with Gasteiger partial charge >= 0.3 is 0 Å². The topological polar surface area (TPSA) is 58.0 Å². The number of nitrogen functional groups attached to an aromatic ring is 1.